The van der Waals surface area contributed by atoms with Gasteiger partial charge in [-0.1, -0.05) is 0 Å². The van der Waals surface area contributed by atoms with Crippen molar-refractivity contribution >= 4 is 5.69 Å². The number of anilines is 1. The van der Waals surface area contributed by atoms with Crippen molar-refractivity contribution in [2.24, 2.45) is 11.8 Å². The van der Waals surface area contributed by atoms with Gasteiger partial charge in [-0.25, -0.2) is 4.39 Å². The molecule has 68 valence electrons. The second kappa shape index (κ2) is 2.44. The molecule has 2 fully saturated rings. The Balaban J connectivity index is 1.88. The standard InChI is InChI=1S/C10H11FN2/c11-9-4-12-2-1-10(9)13-5-7-3-8(7)6-13/h1-2,4,7-8H,3,5-6H2/t7-,8+. The summed E-state index contributed by atoms with van der Waals surface area (Å²) in [7, 11) is 0. The average Bonchev–Trinajstić information content (AvgIpc) is 2.75. The van der Waals surface area contributed by atoms with Crippen LogP contribution < -0.4 is 4.90 Å². The van der Waals surface area contributed by atoms with Crippen LogP contribution in [0.2, 0.25) is 0 Å². The van der Waals surface area contributed by atoms with Crippen molar-refractivity contribution in [2.45, 2.75) is 6.42 Å². The first-order valence-electron chi connectivity index (χ1n) is 4.69. The maximum Gasteiger partial charge on any atom is 0.164 e. The van der Waals surface area contributed by atoms with Gasteiger partial charge in [0.2, 0.25) is 0 Å². The van der Waals surface area contributed by atoms with Gasteiger partial charge in [0.15, 0.2) is 5.82 Å². The Kier molecular flexibility index (Phi) is 1.37. The Morgan fingerprint density at radius 1 is 1.38 bits per heavy atom. The highest BCUT2D eigenvalue weighted by molar-refractivity contribution is 5.48. The molecule has 1 saturated heterocycles. The van der Waals surface area contributed by atoms with Crippen molar-refractivity contribution in [1.82, 2.24) is 4.98 Å². The minimum atomic E-state index is -0.191. The lowest BCUT2D eigenvalue weighted by molar-refractivity contribution is 0.613. The Bertz CT molecular complexity index is 329. The molecule has 1 aromatic rings. The summed E-state index contributed by atoms with van der Waals surface area (Å²) in [6.45, 7) is 2.07. The number of hydrogen-bond acceptors (Lipinski definition) is 2. The van der Waals surface area contributed by atoms with Crippen molar-refractivity contribution in [2.75, 3.05) is 18.0 Å². The summed E-state index contributed by atoms with van der Waals surface area (Å²) < 4.78 is 13.3. The van der Waals surface area contributed by atoms with Crippen LogP contribution in [0.3, 0.4) is 0 Å². The molecule has 0 N–H and O–H groups in total. The Morgan fingerprint density at radius 3 is 2.85 bits per heavy atom. The highest BCUT2D eigenvalue weighted by Crippen LogP contribution is 2.46. The van der Waals surface area contributed by atoms with Crippen LogP contribution in [0.25, 0.3) is 0 Å². The van der Waals surface area contributed by atoms with Gasteiger partial charge in [0.25, 0.3) is 0 Å². The minimum absolute atomic E-state index is 0.191. The molecule has 1 aromatic heterocycles. The van der Waals surface area contributed by atoms with Crippen molar-refractivity contribution in [3.05, 3.63) is 24.3 Å². The molecular weight excluding hydrogens is 167 g/mol. The van der Waals surface area contributed by atoms with E-state index in [-0.39, 0.29) is 5.82 Å². The second-order valence-corrected chi connectivity index (χ2v) is 3.99. The minimum Gasteiger partial charge on any atom is -0.369 e. The zero-order valence-electron chi connectivity index (χ0n) is 7.28. The van der Waals surface area contributed by atoms with E-state index in [1.54, 1.807) is 12.3 Å². The average molecular weight is 178 g/mol. The van der Waals surface area contributed by atoms with E-state index in [9.17, 15) is 4.39 Å². The number of nitrogens with zero attached hydrogens (tertiary/aromatic N) is 2. The monoisotopic (exact) mass is 178 g/mol. The molecule has 2 atom stereocenters. The summed E-state index contributed by atoms with van der Waals surface area (Å²) in [5.74, 6) is 1.49. The number of halogens is 1. The van der Waals surface area contributed by atoms with Crippen LogP contribution >= 0.6 is 0 Å². The number of aromatic nitrogens is 1. The molecule has 0 aromatic carbocycles. The van der Waals surface area contributed by atoms with Gasteiger partial charge in [0.1, 0.15) is 0 Å². The summed E-state index contributed by atoms with van der Waals surface area (Å²) in [6.07, 6.45) is 4.30. The molecule has 13 heavy (non-hydrogen) atoms. The Labute approximate surface area is 76.4 Å². The summed E-state index contributed by atoms with van der Waals surface area (Å²) >= 11 is 0. The predicted molar refractivity (Wildman–Crippen MR) is 48.0 cm³/mol. The molecule has 1 aliphatic heterocycles. The fraction of sp³-hybridized carbons (Fsp3) is 0.500. The number of hydrogen-bond donors (Lipinski definition) is 0. The van der Waals surface area contributed by atoms with E-state index in [4.69, 9.17) is 0 Å². The largest absolute Gasteiger partial charge is 0.369 e. The van der Waals surface area contributed by atoms with E-state index >= 15 is 0 Å². The smallest absolute Gasteiger partial charge is 0.164 e. The lowest BCUT2D eigenvalue weighted by atomic mass is 10.3. The molecule has 1 saturated carbocycles. The first-order valence-corrected chi connectivity index (χ1v) is 4.69. The van der Waals surface area contributed by atoms with Gasteiger partial charge < -0.3 is 4.90 Å². The van der Waals surface area contributed by atoms with Crippen molar-refractivity contribution in [1.29, 1.82) is 0 Å². The second-order valence-electron chi connectivity index (χ2n) is 3.99. The van der Waals surface area contributed by atoms with Gasteiger partial charge in [0, 0.05) is 19.3 Å². The van der Waals surface area contributed by atoms with Crippen LogP contribution in [0.1, 0.15) is 6.42 Å². The number of piperidine rings is 1. The molecule has 0 unspecified atom stereocenters. The summed E-state index contributed by atoms with van der Waals surface area (Å²) in [6, 6.07) is 1.76. The molecule has 3 rings (SSSR count). The van der Waals surface area contributed by atoms with Crippen molar-refractivity contribution < 1.29 is 4.39 Å². The fourth-order valence-corrected chi connectivity index (χ4v) is 2.22. The molecule has 0 bridgehead atoms. The molecule has 2 nitrogen and oxygen atoms in total. The number of rotatable bonds is 1. The van der Waals surface area contributed by atoms with E-state index in [0.717, 1.165) is 30.6 Å². The number of pyridine rings is 1. The van der Waals surface area contributed by atoms with E-state index < -0.39 is 0 Å². The SMILES string of the molecule is Fc1cnccc1N1C[C@H]2C[C@H]2C1. The fourth-order valence-electron chi connectivity index (χ4n) is 2.22. The van der Waals surface area contributed by atoms with Crippen molar-refractivity contribution in [3.8, 4) is 0 Å². The lowest BCUT2D eigenvalue weighted by Crippen LogP contribution is -2.22. The van der Waals surface area contributed by atoms with Crippen LogP contribution in [0.5, 0.6) is 0 Å². The first kappa shape index (κ1) is 7.30. The molecule has 0 radical (unpaired) electrons. The maximum atomic E-state index is 13.3. The van der Waals surface area contributed by atoms with E-state index in [0.29, 0.717) is 0 Å². The maximum absolute atomic E-state index is 13.3. The molecule has 2 heterocycles. The van der Waals surface area contributed by atoms with E-state index in [1.807, 2.05) is 0 Å². The lowest BCUT2D eigenvalue weighted by Gasteiger charge is -2.20. The first-order chi connectivity index (χ1) is 6.34. The van der Waals surface area contributed by atoms with Gasteiger partial charge in [-0.2, -0.15) is 0 Å². The van der Waals surface area contributed by atoms with Crippen molar-refractivity contribution in [3.63, 3.8) is 0 Å². The topological polar surface area (TPSA) is 16.1 Å². The van der Waals surface area contributed by atoms with Gasteiger partial charge in [-0.3, -0.25) is 4.98 Å². The predicted octanol–water partition coefficient (Wildman–Crippen LogP) is 1.68. The molecule has 0 spiro atoms. The van der Waals surface area contributed by atoms with Gasteiger partial charge in [-0.05, 0) is 24.3 Å². The van der Waals surface area contributed by atoms with E-state index in [1.165, 1.54) is 12.6 Å². The summed E-state index contributed by atoms with van der Waals surface area (Å²) in [5, 5.41) is 0. The molecular formula is C10H11FN2. The zero-order valence-corrected chi connectivity index (χ0v) is 7.28. The third kappa shape index (κ3) is 1.10. The van der Waals surface area contributed by atoms with Gasteiger partial charge in [0.05, 0.1) is 11.9 Å². The van der Waals surface area contributed by atoms with Crippen LogP contribution in [0.15, 0.2) is 18.5 Å². The molecule has 0 amide bonds. The Morgan fingerprint density at radius 2 is 2.15 bits per heavy atom. The quantitative estimate of drug-likeness (QED) is 0.650. The van der Waals surface area contributed by atoms with E-state index in [2.05, 4.69) is 9.88 Å². The van der Waals surface area contributed by atoms with Gasteiger partial charge >= 0.3 is 0 Å². The van der Waals surface area contributed by atoms with Crippen LogP contribution in [0, 0.1) is 17.7 Å². The highest BCUT2D eigenvalue weighted by Gasteiger charge is 2.45. The normalized spacial score (nSPS) is 30.4. The summed E-state index contributed by atoms with van der Waals surface area (Å²) in [4.78, 5) is 5.88. The zero-order chi connectivity index (χ0) is 8.84. The third-order valence-corrected chi connectivity index (χ3v) is 3.07. The highest BCUT2D eigenvalue weighted by atomic mass is 19.1. The molecule has 1 aliphatic carbocycles. The molecule has 2 aliphatic rings. The van der Waals surface area contributed by atoms with Crippen LogP contribution in [0.4, 0.5) is 10.1 Å². The third-order valence-electron chi connectivity index (χ3n) is 3.07. The van der Waals surface area contributed by atoms with Crippen LogP contribution in [-0.4, -0.2) is 18.1 Å². The Hall–Kier alpha value is -1.12. The van der Waals surface area contributed by atoms with Gasteiger partial charge in [-0.15, -0.1) is 0 Å². The number of fused-ring (bicyclic) bond motifs is 1. The summed E-state index contributed by atoms with van der Waals surface area (Å²) in [5.41, 5.74) is 0.724. The van der Waals surface area contributed by atoms with Crippen LogP contribution in [-0.2, 0) is 0 Å². The molecule has 3 heteroatoms.